The number of likely N-dealkylation sites (N-methyl/N-ethyl adjacent to an activating group) is 2. The summed E-state index contributed by atoms with van der Waals surface area (Å²) in [5.74, 6) is 1.44. The lowest BCUT2D eigenvalue weighted by atomic mass is 9.97. The molecule has 2 aliphatic rings. The summed E-state index contributed by atoms with van der Waals surface area (Å²) in [6.45, 7) is 15.7. The van der Waals surface area contributed by atoms with Crippen molar-refractivity contribution in [3.63, 3.8) is 0 Å². The van der Waals surface area contributed by atoms with Gasteiger partial charge in [-0.15, -0.1) is 0 Å². The van der Waals surface area contributed by atoms with E-state index in [1.165, 1.54) is 6.07 Å². The number of anilines is 2. The maximum Gasteiger partial charge on any atom is 0.274 e. The van der Waals surface area contributed by atoms with E-state index in [2.05, 4.69) is 77.2 Å². The third-order valence-corrected chi connectivity index (χ3v) is 20.4. The van der Waals surface area contributed by atoms with E-state index in [-0.39, 0.29) is 62.6 Å². The number of halogens is 4. The second-order valence-corrected chi connectivity index (χ2v) is 28.7. The molecule has 0 saturated carbocycles. The van der Waals surface area contributed by atoms with Crippen LogP contribution in [0, 0.1) is 3.57 Å². The monoisotopic (exact) mass is 1680 g/mol. The first-order valence-electron chi connectivity index (χ1n) is 36.6. The number of carbonyl (C=O) groups excluding carboxylic acids is 3. The van der Waals surface area contributed by atoms with Gasteiger partial charge in [0.15, 0.2) is 34.4 Å². The van der Waals surface area contributed by atoms with Gasteiger partial charge in [0.05, 0.1) is 46.5 Å². The van der Waals surface area contributed by atoms with Crippen molar-refractivity contribution in [2.24, 2.45) is 0 Å². The smallest absolute Gasteiger partial charge is 0.274 e. The van der Waals surface area contributed by atoms with Crippen molar-refractivity contribution in [3.8, 4) is 90.7 Å². The fourth-order valence-corrected chi connectivity index (χ4v) is 13.9. The van der Waals surface area contributed by atoms with Gasteiger partial charge in [0, 0.05) is 102 Å². The van der Waals surface area contributed by atoms with Crippen LogP contribution in [0.15, 0.2) is 220 Å². The van der Waals surface area contributed by atoms with Crippen LogP contribution in [0.3, 0.4) is 0 Å². The van der Waals surface area contributed by atoms with Crippen LogP contribution < -0.4 is 44.7 Å². The molecule has 578 valence electrons. The van der Waals surface area contributed by atoms with Gasteiger partial charge in [-0.2, -0.15) is 0 Å². The second kappa shape index (κ2) is 38.7. The highest BCUT2D eigenvalue weighted by Gasteiger charge is 2.31. The van der Waals surface area contributed by atoms with E-state index in [4.69, 9.17) is 67.3 Å². The Morgan fingerprint density at radius 3 is 1.13 bits per heavy atom. The molecule has 0 spiro atoms. The van der Waals surface area contributed by atoms with Crippen LogP contribution in [0.1, 0.15) is 74.5 Å². The van der Waals surface area contributed by atoms with E-state index in [0.29, 0.717) is 116 Å². The molecule has 12 aromatic rings. The number of ether oxygens (including phenoxy) is 4. The molecule has 5 heterocycles. The molecule has 14 rings (SSSR count). The van der Waals surface area contributed by atoms with Gasteiger partial charge < -0.3 is 78.3 Å². The predicted molar refractivity (Wildman–Crippen MR) is 444 cm³/mol. The van der Waals surface area contributed by atoms with Crippen LogP contribution in [0.25, 0.3) is 56.2 Å². The quantitative estimate of drug-likeness (QED) is 0.0333. The number of piperazine rings is 2. The van der Waals surface area contributed by atoms with Gasteiger partial charge in [0.25, 0.3) is 17.7 Å². The van der Waals surface area contributed by atoms with E-state index < -0.39 is 0 Å². The first-order valence-corrected chi connectivity index (χ1v) is 38.8. The zero-order valence-corrected chi connectivity index (χ0v) is 66.8. The molecular weight excluding hydrogens is 1600 g/mol. The maximum absolute atomic E-state index is 13.3. The molecule has 22 nitrogen and oxygen atoms in total. The molecule has 3 amide bonds. The van der Waals surface area contributed by atoms with Crippen molar-refractivity contribution < 1.29 is 57.1 Å². The minimum absolute atomic E-state index is 0.0471. The lowest BCUT2D eigenvalue weighted by Gasteiger charge is -2.34. The summed E-state index contributed by atoms with van der Waals surface area (Å²) in [6, 6.07) is 64.9. The Bertz CT molecular complexity index is 5180. The fourth-order valence-electron chi connectivity index (χ4n) is 12.5. The van der Waals surface area contributed by atoms with E-state index >= 15 is 0 Å². The van der Waals surface area contributed by atoms with Gasteiger partial charge in [-0.1, -0.05) is 196 Å². The SMILES string of the molecule is CCNC(=O)c1noc(-c2cc(Cl)c(O)cc2O)c1-c1cccc(N2CCN(C)CC2)c1.CCNC(=O)c1noc(-c2cc(Cl)c(OCc3ccccc3)cc2OCc2ccccc2)c1-c1cccc(N2CCN(C)CC2)c1.CCNC(=O)c1noc(-c2cc(Cl)c(OCc3ccccc3)cc2OCc2ccccc2)c1I. The lowest BCUT2D eigenvalue weighted by Crippen LogP contribution is -2.44. The number of phenols is 2. The highest BCUT2D eigenvalue weighted by atomic mass is 127. The molecule has 112 heavy (non-hydrogen) atoms. The summed E-state index contributed by atoms with van der Waals surface area (Å²) in [7, 11) is 4.24. The Balaban J connectivity index is 0.000000159. The van der Waals surface area contributed by atoms with Gasteiger partial charge in [0.2, 0.25) is 0 Å². The number of nitrogens with one attached hydrogen (secondary N) is 3. The molecule has 2 fully saturated rings. The number of phenolic OH excluding ortho intramolecular Hbond substituents is 2. The number of aromatic nitrogens is 3. The standard InChI is InChI=1S/C37H37ClN4O4.C26H22ClIN2O4.C23H25ClN4O4/c1-3-39-37(43)35-34(28-15-10-16-29(21-28)42-19-17-41(2)18-20-42)36(46-40-35)30-22-31(38)33(45-25-27-13-8-5-9-14-27)23-32(30)44-24-26-11-6-4-7-12-26;1-2-29-26(31)24-23(28)25(34-30-24)19-13-20(27)22(33-16-18-11-7-4-8-12-18)14-21(19)32-15-17-9-5-3-6-10-17;1-3-25-23(31)21-20(22(32-26-21)16-12-17(24)19(30)13-18(16)29)14-5-4-6-15(11-14)28-9-7-27(2)8-10-28/h4-16,21-23H,3,17-20,24-25H2,1-2H3,(H,39,43);3-14H,2,15-16H2,1H3,(H,29,31);4-6,11-13,29-30H,3,7-10H2,1-2H3,(H,25,31). The molecular formula is C86H84Cl3IN10O12. The molecule has 0 atom stereocenters. The number of amides is 3. The Morgan fingerprint density at radius 2 is 0.741 bits per heavy atom. The average molecular weight is 1680 g/mol. The van der Waals surface area contributed by atoms with Crippen molar-refractivity contribution in [1.82, 2.24) is 41.2 Å². The van der Waals surface area contributed by atoms with Crippen LogP contribution in [0.5, 0.6) is 34.5 Å². The van der Waals surface area contributed by atoms with E-state index in [9.17, 15) is 24.6 Å². The summed E-state index contributed by atoms with van der Waals surface area (Å²) in [4.78, 5) is 47.6. The van der Waals surface area contributed by atoms with Gasteiger partial charge in [-0.3, -0.25) is 14.4 Å². The number of hydrogen-bond acceptors (Lipinski definition) is 19. The Morgan fingerprint density at radius 1 is 0.402 bits per heavy atom. The van der Waals surface area contributed by atoms with E-state index in [1.54, 1.807) is 24.3 Å². The van der Waals surface area contributed by atoms with Gasteiger partial charge in [0.1, 0.15) is 60.9 Å². The molecule has 2 saturated heterocycles. The van der Waals surface area contributed by atoms with E-state index in [1.807, 2.05) is 201 Å². The van der Waals surface area contributed by atoms with Crippen LogP contribution in [0.2, 0.25) is 15.1 Å². The average Bonchev–Trinajstić information content (AvgIpc) is 1.48. The summed E-state index contributed by atoms with van der Waals surface area (Å²) in [5.41, 5.74) is 10.6. The zero-order valence-electron chi connectivity index (χ0n) is 62.4. The molecule has 5 N–H and O–H groups in total. The number of benzene rings is 9. The topological polar surface area (TPSA) is 256 Å². The van der Waals surface area contributed by atoms with Gasteiger partial charge in [-0.05, 0) is 133 Å². The number of rotatable bonds is 25. The Kier molecular flexibility index (Phi) is 27.8. The van der Waals surface area contributed by atoms with Crippen molar-refractivity contribution in [2.75, 3.05) is 95.9 Å². The highest BCUT2D eigenvalue weighted by Crippen LogP contribution is 2.47. The van der Waals surface area contributed by atoms with Crippen molar-refractivity contribution in [2.45, 2.75) is 47.2 Å². The van der Waals surface area contributed by atoms with Gasteiger partial charge >= 0.3 is 0 Å². The third kappa shape index (κ3) is 20.2. The van der Waals surface area contributed by atoms with Crippen molar-refractivity contribution in [1.29, 1.82) is 0 Å². The number of nitrogens with zero attached hydrogens (tertiary/aromatic N) is 7. The van der Waals surface area contributed by atoms with Crippen molar-refractivity contribution >= 4 is 86.5 Å². The van der Waals surface area contributed by atoms with Crippen LogP contribution in [-0.4, -0.2) is 139 Å². The number of hydrogen-bond donors (Lipinski definition) is 5. The molecule has 0 unspecified atom stereocenters. The minimum atomic E-state index is -0.383. The highest BCUT2D eigenvalue weighted by molar-refractivity contribution is 14.1. The van der Waals surface area contributed by atoms with Crippen LogP contribution in [-0.2, 0) is 26.4 Å². The lowest BCUT2D eigenvalue weighted by molar-refractivity contribution is 0.0938. The molecule has 3 aromatic heterocycles. The Hall–Kier alpha value is -11.1. The molecule has 9 aromatic carbocycles. The zero-order chi connectivity index (χ0) is 78.6. The first-order chi connectivity index (χ1) is 54.4. The summed E-state index contributed by atoms with van der Waals surface area (Å²) in [6.07, 6.45) is 0. The molecule has 2 aliphatic heterocycles. The van der Waals surface area contributed by atoms with Crippen molar-refractivity contribution in [3.05, 3.63) is 264 Å². The molecule has 0 aliphatic carbocycles. The molecule has 0 bridgehead atoms. The normalized spacial score (nSPS) is 12.9. The van der Waals surface area contributed by atoms with Crippen LogP contribution in [0.4, 0.5) is 11.4 Å². The van der Waals surface area contributed by atoms with E-state index in [0.717, 1.165) is 103 Å². The summed E-state index contributed by atoms with van der Waals surface area (Å²) in [5, 5.41) is 41.7. The largest absolute Gasteiger partial charge is 0.507 e. The molecule has 26 heteroatoms. The first kappa shape index (κ1) is 80.5. The maximum atomic E-state index is 13.3. The summed E-state index contributed by atoms with van der Waals surface area (Å²) >= 11 is 21.6. The fraction of sp³-hybridized carbons (Fsp3) is 0.233. The van der Waals surface area contributed by atoms with Crippen LogP contribution >= 0.6 is 57.4 Å². The number of carbonyl (C=O) groups is 3. The summed E-state index contributed by atoms with van der Waals surface area (Å²) < 4.78 is 42.4. The predicted octanol–water partition coefficient (Wildman–Crippen LogP) is 17.4. The number of aromatic hydroxyl groups is 2. The minimum Gasteiger partial charge on any atom is -0.507 e. The third-order valence-electron chi connectivity index (χ3n) is 18.5. The van der Waals surface area contributed by atoms with Gasteiger partial charge in [-0.25, -0.2) is 0 Å². The second-order valence-electron chi connectivity index (χ2n) is 26.4. The Labute approximate surface area is 678 Å². The molecule has 0 radical (unpaired) electrons.